The van der Waals surface area contributed by atoms with E-state index < -0.39 is 17.2 Å². The van der Waals surface area contributed by atoms with Crippen molar-refractivity contribution in [1.29, 1.82) is 0 Å². The molecule has 2 aliphatic rings. The van der Waals surface area contributed by atoms with E-state index >= 15 is 0 Å². The molecular weight excluding hydrogens is 509 g/mol. The molecule has 0 spiro atoms. The van der Waals surface area contributed by atoms with Crippen LogP contribution in [0, 0.1) is 12.3 Å². The van der Waals surface area contributed by atoms with Gasteiger partial charge in [-0.15, -0.1) is 0 Å². The van der Waals surface area contributed by atoms with Gasteiger partial charge < -0.3 is 19.3 Å². The van der Waals surface area contributed by atoms with Crippen LogP contribution in [0.1, 0.15) is 40.7 Å². The molecule has 4 rings (SSSR count). The van der Waals surface area contributed by atoms with E-state index in [1.807, 2.05) is 13.0 Å². The number of morpholine rings is 1. The lowest BCUT2D eigenvalue weighted by molar-refractivity contribution is -0.139. The van der Waals surface area contributed by atoms with Crippen LogP contribution in [0.2, 0.25) is 5.02 Å². The second-order valence-corrected chi connectivity index (χ2v) is 10.1. The third-order valence-corrected chi connectivity index (χ3v) is 7.56. The molecule has 0 aromatic heterocycles. The lowest BCUT2D eigenvalue weighted by atomic mass is 9.75. The van der Waals surface area contributed by atoms with Crippen molar-refractivity contribution in [2.45, 2.75) is 32.4 Å². The third kappa shape index (κ3) is 6.76. The van der Waals surface area contributed by atoms with Gasteiger partial charge in [0.05, 0.1) is 25.4 Å². The number of likely N-dealkylation sites (tertiary alicyclic amines) is 1. The van der Waals surface area contributed by atoms with E-state index in [9.17, 15) is 22.8 Å². The van der Waals surface area contributed by atoms with Crippen LogP contribution in [-0.2, 0) is 15.7 Å². The Bertz CT molecular complexity index is 1110. The Morgan fingerprint density at radius 1 is 1.00 bits per heavy atom. The molecular formula is C27H30ClF3N2O4. The van der Waals surface area contributed by atoms with Gasteiger partial charge in [-0.2, -0.15) is 13.2 Å². The number of amides is 2. The molecule has 2 amide bonds. The van der Waals surface area contributed by atoms with E-state index in [-0.39, 0.29) is 23.8 Å². The molecule has 2 fully saturated rings. The summed E-state index contributed by atoms with van der Waals surface area (Å²) in [6.07, 6.45) is -3.12. The minimum Gasteiger partial charge on any atom is -0.493 e. The third-order valence-electron chi connectivity index (χ3n) is 7.13. The minimum atomic E-state index is -4.46. The maximum atomic E-state index is 13.2. The summed E-state index contributed by atoms with van der Waals surface area (Å²) in [7, 11) is 0. The number of aryl methyl sites for hydroxylation is 1. The Balaban J connectivity index is 1.45. The van der Waals surface area contributed by atoms with Gasteiger partial charge in [0.25, 0.3) is 5.91 Å². The zero-order valence-corrected chi connectivity index (χ0v) is 21.4. The van der Waals surface area contributed by atoms with Crippen LogP contribution < -0.4 is 4.74 Å². The van der Waals surface area contributed by atoms with E-state index in [4.69, 9.17) is 21.1 Å². The number of ether oxygens (including phenoxy) is 2. The van der Waals surface area contributed by atoms with E-state index in [2.05, 4.69) is 0 Å². The van der Waals surface area contributed by atoms with Crippen molar-refractivity contribution in [3.8, 4) is 5.75 Å². The monoisotopic (exact) mass is 538 g/mol. The fraction of sp³-hybridized carbons (Fsp3) is 0.481. The lowest BCUT2D eigenvalue weighted by Crippen LogP contribution is -2.49. The normalized spacial score (nSPS) is 18.0. The number of halogens is 4. The van der Waals surface area contributed by atoms with Gasteiger partial charge in [0.1, 0.15) is 5.75 Å². The van der Waals surface area contributed by atoms with Crippen LogP contribution in [-0.4, -0.2) is 67.6 Å². The van der Waals surface area contributed by atoms with Gasteiger partial charge in [-0.25, -0.2) is 0 Å². The molecule has 6 nitrogen and oxygen atoms in total. The number of piperidine rings is 1. The number of carbonyl (C=O) groups is 2. The number of carbonyl (C=O) groups excluding carboxylic acids is 2. The highest BCUT2D eigenvalue weighted by Gasteiger charge is 2.40. The molecule has 2 saturated heterocycles. The summed E-state index contributed by atoms with van der Waals surface area (Å²) < 4.78 is 50.2. The Hall–Kier alpha value is -2.78. The molecule has 0 radical (unpaired) electrons. The Labute approximate surface area is 219 Å². The molecule has 2 aromatic carbocycles. The molecule has 0 saturated carbocycles. The molecule has 2 aromatic rings. The number of alkyl halides is 3. The largest absolute Gasteiger partial charge is 0.493 e. The maximum absolute atomic E-state index is 13.2. The first-order valence-electron chi connectivity index (χ1n) is 12.3. The van der Waals surface area contributed by atoms with Gasteiger partial charge in [0.2, 0.25) is 5.91 Å². The molecule has 2 aliphatic heterocycles. The molecule has 200 valence electrons. The van der Waals surface area contributed by atoms with Crippen LogP contribution in [0.25, 0.3) is 0 Å². The van der Waals surface area contributed by atoms with Crippen LogP contribution in [0.5, 0.6) is 5.75 Å². The number of benzene rings is 2. The molecule has 0 unspecified atom stereocenters. The van der Waals surface area contributed by atoms with Crippen LogP contribution >= 0.6 is 11.6 Å². The van der Waals surface area contributed by atoms with Crippen molar-refractivity contribution in [2.24, 2.45) is 5.41 Å². The zero-order chi connectivity index (χ0) is 26.6. The molecule has 2 heterocycles. The van der Waals surface area contributed by atoms with E-state index in [0.717, 1.165) is 17.7 Å². The first-order chi connectivity index (χ1) is 17.6. The van der Waals surface area contributed by atoms with Gasteiger partial charge in [-0.1, -0.05) is 11.6 Å². The number of hydrogen-bond acceptors (Lipinski definition) is 4. The van der Waals surface area contributed by atoms with Crippen LogP contribution in [0.4, 0.5) is 13.2 Å². The Morgan fingerprint density at radius 3 is 2.24 bits per heavy atom. The Morgan fingerprint density at radius 2 is 1.65 bits per heavy atom. The second-order valence-electron chi connectivity index (χ2n) is 9.74. The van der Waals surface area contributed by atoms with Crippen molar-refractivity contribution >= 4 is 23.4 Å². The van der Waals surface area contributed by atoms with Crippen LogP contribution in [0.15, 0.2) is 42.5 Å². The van der Waals surface area contributed by atoms with Crippen molar-refractivity contribution < 1.29 is 32.2 Å². The molecule has 0 atom stereocenters. The van der Waals surface area contributed by atoms with Gasteiger partial charge in [-0.05, 0) is 67.8 Å². The minimum absolute atomic E-state index is 0.0294. The summed E-state index contributed by atoms with van der Waals surface area (Å²) >= 11 is 6.13. The van der Waals surface area contributed by atoms with E-state index in [0.29, 0.717) is 69.6 Å². The van der Waals surface area contributed by atoms with Crippen molar-refractivity contribution in [1.82, 2.24) is 9.80 Å². The highest BCUT2D eigenvalue weighted by molar-refractivity contribution is 6.31. The number of rotatable bonds is 6. The number of hydrogen-bond donors (Lipinski definition) is 0. The standard InChI is InChI=1S/C27H30ClF3N2O4/c1-19-16-22(6-7-23(19)28)37-18-26(17-24(34)32-12-14-36-15-13-32)8-10-33(11-9-26)25(35)20-2-4-21(5-3-20)27(29,30)31/h2-7,16H,8-15,17-18H2,1H3. The molecule has 0 bridgehead atoms. The zero-order valence-electron chi connectivity index (χ0n) is 20.7. The summed E-state index contributed by atoms with van der Waals surface area (Å²) in [6, 6.07) is 9.67. The number of nitrogens with zero attached hydrogens (tertiary/aromatic N) is 2. The fourth-order valence-electron chi connectivity index (χ4n) is 4.73. The quantitative estimate of drug-likeness (QED) is 0.506. The molecule has 10 heteroatoms. The second kappa shape index (κ2) is 11.3. The van der Waals surface area contributed by atoms with Gasteiger partial charge in [0.15, 0.2) is 0 Å². The van der Waals surface area contributed by atoms with E-state index in [1.165, 1.54) is 12.1 Å². The highest BCUT2D eigenvalue weighted by atomic mass is 35.5. The summed E-state index contributed by atoms with van der Waals surface area (Å²) in [5.41, 5.74) is -0.190. The SMILES string of the molecule is Cc1cc(OCC2(CC(=O)N3CCOCC3)CCN(C(=O)c3ccc(C(F)(F)F)cc3)CC2)ccc1Cl. The van der Waals surface area contributed by atoms with Crippen LogP contribution in [0.3, 0.4) is 0 Å². The highest BCUT2D eigenvalue weighted by Crippen LogP contribution is 2.38. The smallest absolute Gasteiger partial charge is 0.416 e. The van der Waals surface area contributed by atoms with E-state index in [1.54, 1.807) is 21.9 Å². The molecule has 37 heavy (non-hydrogen) atoms. The summed E-state index contributed by atoms with van der Waals surface area (Å²) in [5, 5.41) is 0.639. The lowest BCUT2D eigenvalue weighted by Gasteiger charge is -2.42. The van der Waals surface area contributed by atoms with Crippen molar-refractivity contribution in [3.05, 3.63) is 64.2 Å². The first-order valence-corrected chi connectivity index (χ1v) is 12.7. The predicted molar refractivity (Wildman–Crippen MR) is 133 cm³/mol. The predicted octanol–water partition coefficient (Wildman–Crippen LogP) is 5.22. The Kier molecular flexibility index (Phi) is 8.33. The van der Waals surface area contributed by atoms with Crippen molar-refractivity contribution in [3.63, 3.8) is 0 Å². The van der Waals surface area contributed by atoms with Crippen molar-refractivity contribution in [2.75, 3.05) is 46.0 Å². The maximum Gasteiger partial charge on any atom is 0.416 e. The summed E-state index contributed by atoms with van der Waals surface area (Å²) in [5.74, 6) is 0.362. The average molecular weight is 539 g/mol. The average Bonchev–Trinajstić information content (AvgIpc) is 2.89. The van der Waals surface area contributed by atoms with Gasteiger partial charge in [-0.3, -0.25) is 9.59 Å². The molecule has 0 N–H and O–H groups in total. The van der Waals surface area contributed by atoms with Gasteiger partial charge >= 0.3 is 6.18 Å². The summed E-state index contributed by atoms with van der Waals surface area (Å²) in [4.78, 5) is 29.6. The molecule has 0 aliphatic carbocycles. The topological polar surface area (TPSA) is 59.1 Å². The fourth-order valence-corrected chi connectivity index (χ4v) is 4.85. The first kappa shape index (κ1) is 27.3. The van der Waals surface area contributed by atoms with Gasteiger partial charge in [0, 0.05) is 48.6 Å². The summed E-state index contributed by atoms with van der Waals surface area (Å²) in [6.45, 7) is 5.04.